The van der Waals surface area contributed by atoms with E-state index in [-0.39, 0.29) is 39.9 Å². The molecular formula is C28H32FN3O4. The summed E-state index contributed by atoms with van der Waals surface area (Å²) < 4.78 is 21.7. The van der Waals surface area contributed by atoms with Gasteiger partial charge in [-0.2, -0.15) is 0 Å². The Kier molecular flexibility index (Phi) is 7.87. The number of rotatable bonds is 2. The number of carbonyl (C=O) groups excluding carboxylic acids is 1. The van der Waals surface area contributed by atoms with Crippen LogP contribution >= 0.6 is 0 Å². The fraction of sp³-hybridized carbons (Fsp3) is 0.286. The molecule has 0 unspecified atom stereocenters. The lowest BCUT2D eigenvalue weighted by atomic mass is 9.96. The van der Waals surface area contributed by atoms with Gasteiger partial charge in [-0.25, -0.2) is 4.39 Å². The number of carbonyl (C=O) groups is 1. The predicted molar refractivity (Wildman–Crippen MR) is 138 cm³/mol. The Hall–Kier alpha value is -4.07. The summed E-state index contributed by atoms with van der Waals surface area (Å²) in [6.45, 7) is 2.33. The molecule has 5 rings (SSSR count). The van der Waals surface area contributed by atoms with E-state index in [0.29, 0.717) is 17.7 Å². The molecule has 8 heteroatoms. The van der Waals surface area contributed by atoms with E-state index in [1.54, 1.807) is 17.0 Å². The number of nitrogens with zero attached hydrogens (tertiary/aromatic N) is 3. The Morgan fingerprint density at radius 3 is 2.56 bits per heavy atom. The fourth-order valence-electron chi connectivity index (χ4n) is 4.63. The zero-order valence-corrected chi connectivity index (χ0v) is 18.6. The van der Waals surface area contributed by atoms with Gasteiger partial charge >= 0.3 is 0 Å². The first-order valence-electron chi connectivity index (χ1n) is 11.2. The Morgan fingerprint density at radius 2 is 1.83 bits per heavy atom. The molecule has 0 aliphatic carbocycles. The van der Waals surface area contributed by atoms with Gasteiger partial charge in [0.15, 0.2) is 11.4 Å². The Labute approximate surface area is 210 Å². The van der Waals surface area contributed by atoms with E-state index < -0.39 is 28.9 Å². The minimum Gasteiger partial charge on any atom is -0.502 e. The zero-order chi connectivity index (χ0) is 23.8. The zero-order valence-electron chi connectivity index (χ0n) is 18.6. The van der Waals surface area contributed by atoms with E-state index in [0.717, 1.165) is 5.56 Å². The number of hydrogen-bond donors (Lipinski definition) is 1. The monoisotopic (exact) mass is 493 g/mol. The van der Waals surface area contributed by atoms with Gasteiger partial charge in [0.25, 0.3) is 5.91 Å². The SMILES string of the molecule is C.C.CC[C@@H]1/C=C/COc2cc(F)ccc2[C@H](c2ccccc2)N2CN1C(=O)c1c(O)c(=O)ccn12. The molecule has 2 bridgehead atoms. The number of halogens is 1. The molecule has 0 saturated carbocycles. The highest BCUT2D eigenvalue weighted by atomic mass is 19.1. The van der Waals surface area contributed by atoms with Crippen LogP contribution < -0.4 is 15.2 Å². The third-order valence-electron chi connectivity index (χ3n) is 6.29. The highest BCUT2D eigenvalue weighted by Gasteiger charge is 2.39. The van der Waals surface area contributed by atoms with Crippen molar-refractivity contribution >= 4 is 5.91 Å². The molecule has 36 heavy (non-hydrogen) atoms. The number of aromatic nitrogens is 1. The third kappa shape index (κ3) is 4.46. The van der Waals surface area contributed by atoms with E-state index in [4.69, 9.17) is 4.74 Å². The maximum atomic E-state index is 14.2. The van der Waals surface area contributed by atoms with E-state index in [1.165, 1.54) is 29.1 Å². The molecule has 0 fully saturated rings. The van der Waals surface area contributed by atoms with E-state index in [2.05, 4.69) is 0 Å². The van der Waals surface area contributed by atoms with Crippen LogP contribution in [0.5, 0.6) is 11.5 Å². The van der Waals surface area contributed by atoms with Crippen molar-refractivity contribution in [3.05, 3.63) is 106 Å². The first kappa shape index (κ1) is 26.5. The van der Waals surface area contributed by atoms with Crippen molar-refractivity contribution in [3.63, 3.8) is 0 Å². The Bertz CT molecular complexity index is 1320. The van der Waals surface area contributed by atoms with Crippen LogP contribution in [0.15, 0.2) is 77.7 Å². The molecular weight excluding hydrogens is 461 g/mol. The van der Waals surface area contributed by atoms with Gasteiger partial charge in [-0.15, -0.1) is 0 Å². The highest BCUT2D eigenvalue weighted by molar-refractivity contribution is 5.96. The second-order valence-electron chi connectivity index (χ2n) is 8.29. The normalized spacial score (nSPS) is 19.4. The summed E-state index contributed by atoms with van der Waals surface area (Å²) in [7, 11) is 0. The smallest absolute Gasteiger partial charge is 0.278 e. The van der Waals surface area contributed by atoms with Gasteiger partial charge < -0.3 is 14.7 Å². The van der Waals surface area contributed by atoms with Gasteiger partial charge in [-0.05, 0) is 30.2 Å². The van der Waals surface area contributed by atoms with Crippen LogP contribution in [-0.2, 0) is 0 Å². The molecule has 190 valence electrons. The summed E-state index contributed by atoms with van der Waals surface area (Å²) in [6, 6.07) is 14.4. The summed E-state index contributed by atoms with van der Waals surface area (Å²) >= 11 is 0. The molecule has 0 spiro atoms. The minimum atomic E-state index is -0.628. The van der Waals surface area contributed by atoms with Crippen LogP contribution in [0, 0.1) is 5.82 Å². The van der Waals surface area contributed by atoms with Gasteiger partial charge in [0, 0.05) is 23.9 Å². The van der Waals surface area contributed by atoms with E-state index in [1.807, 2.05) is 48.3 Å². The van der Waals surface area contributed by atoms with Gasteiger partial charge in [0.2, 0.25) is 5.43 Å². The molecule has 2 atom stereocenters. The maximum absolute atomic E-state index is 14.2. The summed E-state index contributed by atoms with van der Waals surface area (Å²) in [4.78, 5) is 27.4. The van der Waals surface area contributed by atoms with Crippen LogP contribution in [-0.4, -0.2) is 39.9 Å². The second-order valence-corrected chi connectivity index (χ2v) is 8.29. The fourth-order valence-corrected chi connectivity index (χ4v) is 4.63. The number of hydrogen-bond acceptors (Lipinski definition) is 5. The number of amides is 1. The van der Waals surface area contributed by atoms with Crippen molar-refractivity contribution in [2.75, 3.05) is 18.3 Å². The minimum absolute atomic E-state index is 0. The van der Waals surface area contributed by atoms with Gasteiger partial charge in [-0.1, -0.05) is 58.2 Å². The van der Waals surface area contributed by atoms with Crippen molar-refractivity contribution in [1.82, 2.24) is 9.58 Å². The summed E-state index contributed by atoms with van der Waals surface area (Å²) in [6.07, 6.45) is 5.77. The number of aromatic hydroxyl groups is 1. The number of ether oxygens (including phenoxy) is 1. The van der Waals surface area contributed by atoms with Crippen molar-refractivity contribution in [3.8, 4) is 11.5 Å². The lowest BCUT2D eigenvalue weighted by Gasteiger charge is -2.45. The van der Waals surface area contributed by atoms with Crippen molar-refractivity contribution in [2.24, 2.45) is 0 Å². The number of benzene rings is 2. The molecule has 2 aliphatic rings. The van der Waals surface area contributed by atoms with Crippen LogP contribution in [0.3, 0.4) is 0 Å². The Balaban J connectivity index is 0.00000180. The summed E-state index contributed by atoms with van der Waals surface area (Å²) in [5.74, 6) is -1.08. The topological polar surface area (TPSA) is 75.0 Å². The van der Waals surface area contributed by atoms with Crippen LogP contribution in [0.1, 0.15) is 55.9 Å². The molecule has 3 heterocycles. The predicted octanol–water partition coefficient (Wildman–Crippen LogP) is 4.83. The lowest BCUT2D eigenvalue weighted by molar-refractivity contribution is 0.0626. The van der Waals surface area contributed by atoms with Gasteiger partial charge in [-0.3, -0.25) is 19.3 Å². The highest BCUT2D eigenvalue weighted by Crippen LogP contribution is 2.37. The van der Waals surface area contributed by atoms with Crippen LogP contribution in [0.4, 0.5) is 4.39 Å². The van der Waals surface area contributed by atoms with Crippen LogP contribution in [0.2, 0.25) is 0 Å². The van der Waals surface area contributed by atoms with Crippen molar-refractivity contribution in [1.29, 1.82) is 0 Å². The second kappa shape index (κ2) is 10.7. The number of fused-ring (bicyclic) bond motifs is 5. The molecule has 1 aromatic heterocycles. The molecule has 0 radical (unpaired) electrons. The van der Waals surface area contributed by atoms with Crippen LogP contribution in [0.25, 0.3) is 0 Å². The summed E-state index contributed by atoms with van der Waals surface area (Å²) in [5, 5.41) is 12.5. The van der Waals surface area contributed by atoms with Gasteiger partial charge in [0.1, 0.15) is 30.9 Å². The van der Waals surface area contributed by atoms with Crippen molar-refractivity contribution < 1.29 is 19.0 Å². The maximum Gasteiger partial charge on any atom is 0.278 e. The average Bonchev–Trinajstić information content (AvgIpc) is 2.87. The molecule has 3 aromatic rings. The quantitative estimate of drug-likeness (QED) is 0.518. The number of pyridine rings is 1. The lowest BCUT2D eigenvalue weighted by Crippen LogP contribution is -2.57. The molecule has 1 N–H and O–H groups in total. The largest absolute Gasteiger partial charge is 0.502 e. The van der Waals surface area contributed by atoms with Crippen molar-refractivity contribution in [2.45, 2.75) is 40.3 Å². The van der Waals surface area contributed by atoms with E-state index >= 15 is 0 Å². The van der Waals surface area contributed by atoms with Gasteiger partial charge in [0.05, 0.1) is 6.04 Å². The van der Waals surface area contributed by atoms with E-state index in [9.17, 15) is 19.1 Å². The molecule has 1 amide bonds. The first-order valence-corrected chi connectivity index (χ1v) is 11.2. The average molecular weight is 494 g/mol. The standard InChI is InChI=1S/C26H24FN3O4.2CH4/c1-2-19-9-6-14-34-22-15-18(27)10-11-20(22)23(17-7-4-3-5-8-17)30-16-28(19)26(33)24-25(32)21(31)12-13-29(24)30;;/h3-13,15,19,23,32H,2,14,16H2,1H3;2*1H4/b9-6+;;/t19-,23+;;/m1../s1. The first-order chi connectivity index (χ1) is 16.5. The molecule has 7 nitrogen and oxygen atoms in total. The molecule has 0 saturated heterocycles. The molecule has 2 aliphatic heterocycles. The molecule has 2 aromatic carbocycles. The summed E-state index contributed by atoms with van der Waals surface area (Å²) in [5.41, 5.74) is 0.832. The Morgan fingerprint density at radius 1 is 1.08 bits per heavy atom. The third-order valence-corrected chi connectivity index (χ3v) is 6.29.